The van der Waals surface area contributed by atoms with E-state index in [0.29, 0.717) is 37.2 Å². The first kappa shape index (κ1) is 32.1. The van der Waals surface area contributed by atoms with Gasteiger partial charge in [-0.3, -0.25) is 19.4 Å². The Morgan fingerprint density at radius 2 is 1.76 bits per heavy atom. The maximum Gasteiger partial charge on any atom is 0.306 e. The number of hydrogen-bond acceptors (Lipinski definition) is 8. The summed E-state index contributed by atoms with van der Waals surface area (Å²) in [5.41, 5.74) is 0.889. The lowest BCUT2D eigenvalue weighted by atomic mass is 9.92. The summed E-state index contributed by atoms with van der Waals surface area (Å²) in [5.74, 6) is -4.12. The number of fused-ring (bicyclic) bond motifs is 1. The van der Waals surface area contributed by atoms with Gasteiger partial charge in [-0.2, -0.15) is 0 Å². The number of Topliss-reactive ketones (excluding diaryl/α,β-unsaturated/α-hetero) is 1. The average molecular weight is 624 g/mol. The van der Waals surface area contributed by atoms with Gasteiger partial charge in [0.15, 0.2) is 5.78 Å². The molecule has 0 radical (unpaired) electrons. The lowest BCUT2D eigenvalue weighted by Gasteiger charge is -2.36. The van der Waals surface area contributed by atoms with Crippen LogP contribution >= 0.6 is 0 Å². The van der Waals surface area contributed by atoms with Crippen molar-refractivity contribution in [2.24, 2.45) is 5.92 Å². The van der Waals surface area contributed by atoms with Gasteiger partial charge in [-0.1, -0.05) is 6.07 Å². The van der Waals surface area contributed by atoms with Crippen molar-refractivity contribution in [2.45, 2.75) is 77.9 Å². The molecule has 0 spiro atoms. The number of halogens is 3. The normalized spacial score (nSPS) is 18.0. The maximum atomic E-state index is 14.7. The molecule has 1 aliphatic carbocycles. The van der Waals surface area contributed by atoms with Gasteiger partial charge in [-0.15, -0.1) is 0 Å². The highest BCUT2D eigenvalue weighted by Crippen LogP contribution is 2.42. The van der Waals surface area contributed by atoms with Gasteiger partial charge in [-0.25, -0.2) is 18.2 Å². The van der Waals surface area contributed by atoms with E-state index in [0.717, 1.165) is 48.4 Å². The molecule has 45 heavy (non-hydrogen) atoms. The molecular formula is C34H36F3N3O5. The summed E-state index contributed by atoms with van der Waals surface area (Å²) in [6, 6.07) is 5.31. The van der Waals surface area contributed by atoms with Crippen molar-refractivity contribution in [1.82, 2.24) is 9.97 Å². The van der Waals surface area contributed by atoms with E-state index in [1.54, 1.807) is 6.20 Å². The average Bonchev–Trinajstić information content (AvgIpc) is 3.34. The standard InChI is InChI=1S/C34H36F3N3O5/c1-19(41)44-28-13-10-22-31(28)38-17-21(33(22)40-14-6-7-20(18-40)15-29(43)45-34(2,3)4)16-27(42)26-12-11-25(37)32(39-26)30-23(35)8-5-9-24(30)36/h5,8-9,11-12,17,20,28H,6-7,10,13-16,18H2,1-4H3/t20-,28?/m1/s1. The Kier molecular flexibility index (Phi) is 9.27. The minimum absolute atomic E-state index is 0.0172. The molecule has 1 aromatic carbocycles. The van der Waals surface area contributed by atoms with E-state index in [-0.39, 0.29) is 30.4 Å². The molecule has 0 amide bonds. The number of nitrogens with zero attached hydrogens (tertiary/aromatic N) is 3. The van der Waals surface area contributed by atoms with E-state index in [4.69, 9.17) is 9.47 Å². The molecule has 2 atom stereocenters. The summed E-state index contributed by atoms with van der Waals surface area (Å²) in [6.45, 7) is 8.04. The molecule has 0 N–H and O–H groups in total. The van der Waals surface area contributed by atoms with Crippen LogP contribution in [0.25, 0.3) is 11.3 Å². The van der Waals surface area contributed by atoms with Crippen LogP contribution in [0.4, 0.5) is 18.9 Å². The molecular weight excluding hydrogens is 587 g/mol. The van der Waals surface area contributed by atoms with E-state index in [2.05, 4.69) is 14.9 Å². The van der Waals surface area contributed by atoms with Crippen molar-refractivity contribution in [3.63, 3.8) is 0 Å². The third kappa shape index (κ3) is 7.34. The van der Waals surface area contributed by atoms with Crippen LogP contribution in [0.3, 0.4) is 0 Å². The Morgan fingerprint density at radius 3 is 2.44 bits per heavy atom. The maximum absolute atomic E-state index is 14.7. The highest BCUT2D eigenvalue weighted by molar-refractivity contribution is 5.97. The Morgan fingerprint density at radius 1 is 1.02 bits per heavy atom. The number of benzene rings is 1. The Balaban J connectivity index is 1.47. The van der Waals surface area contributed by atoms with Crippen LogP contribution in [0.2, 0.25) is 0 Å². The minimum Gasteiger partial charge on any atom is -0.460 e. The number of anilines is 1. The molecule has 1 aliphatic heterocycles. The van der Waals surface area contributed by atoms with Crippen molar-refractivity contribution < 1.29 is 37.0 Å². The SMILES string of the molecule is CC(=O)OC1CCc2c1ncc(CC(=O)c1ccc(F)c(-c3c(F)cccc3F)n1)c2N1CCC[C@H](CC(=O)OC(C)(C)C)C1. The molecule has 2 aromatic heterocycles. The number of pyridine rings is 2. The Hall–Kier alpha value is -4.28. The monoisotopic (exact) mass is 623 g/mol. The topological polar surface area (TPSA) is 98.7 Å². The fraction of sp³-hybridized carbons (Fsp3) is 0.441. The van der Waals surface area contributed by atoms with Crippen LogP contribution in [0, 0.1) is 23.4 Å². The summed E-state index contributed by atoms with van der Waals surface area (Å²) in [7, 11) is 0. The third-order valence-electron chi connectivity index (χ3n) is 7.92. The van der Waals surface area contributed by atoms with Crippen molar-refractivity contribution >= 4 is 23.4 Å². The quantitative estimate of drug-likeness (QED) is 0.208. The number of ether oxygens (including phenoxy) is 2. The van der Waals surface area contributed by atoms with E-state index < -0.39 is 52.2 Å². The van der Waals surface area contributed by atoms with Gasteiger partial charge in [0.25, 0.3) is 0 Å². The second kappa shape index (κ2) is 13.0. The molecule has 3 heterocycles. The number of ketones is 1. The van der Waals surface area contributed by atoms with E-state index in [1.165, 1.54) is 13.0 Å². The summed E-state index contributed by atoms with van der Waals surface area (Å²) < 4.78 is 54.7. The van der Waals surface area contributed by atoms with Gasteiger partial charge < -0.3 is 14.4 Å². The second-order valence-electron chi connectivity index (χ2n) is 12.6. The van der Waals surface area contributed by atoms with Crippen molar-refractivity contribution in [1.29, 1.82) is 0 Å². The molecule has 1 unspecified atom stereocenters. The van der Waals surface area contributed by atoms with E-state index in [1.807, 2.05) is 20.8 Å². The zero-order chi connectivity index (χ0) is 32.5. The van der Waals surface area contributed by atoms with Gasteiger partial charge in [0.05, 0.1) is 17.7 Å². The number of esters is 2. The van der Waals surface area contributed by atoms with Crippen molar-refractivity contribution in [2.75, 3.05) is 18.0 Å². The Labute approximate surface area is 260 Å². The van der Waals surface area contributed by atoms with E-state index >= 15 is 0 Å². The van der Waals surface area contributed by atoms with Gasteiger partial charge in [0.2, 0.25) is 0 Å². The van der Waals surface area contributed by atoms with Gasteiger partial charge >= 0.3 is 11.9 Å². The van der Waals surface area contributed by atoms with Crippen LogP contribution in [0.1, 0.15) is 86.8 Å². The van der Waals surface area contributed by atoms with Gasteiger partial charge in [-0.05, 0) is 76.6 Å². The van der Waals surface area contributed by atoms with Crippen molar-refractivity contribution in [3.05, 3.63) is 76.5 Å². The molecule has 11 heteroatoms. The summed E-state index contributed by atoms with van der Waals surface area (Å²) in [5, 5.41) is 0. The fourth-order valence-electron chi connectivity index (χ4n) is 6.19. The van der Waals surface area contributed by atoms with Crippen LogP contribution in [-0.2, 0) is 31.9 Å². The van der Waals surface area contributed by atoms with Crippen molar-refractivity contribution in [3.8, 4) is 11.3 Å². The first-order valence-electron chi connectivity index (χ1n) is 15.1. The number of piperidine rings is 1. The lowest BCUT2D eigenvalue weighted by molar-refractivity contribution is -0.156. The number of rotatable bonds is 8. The van der Waals surface area contributed by atoms with Crippen LogP contribution in [0.5, 0.6) is 0 Å². The molecule has 0 saturated carbocycles. The predicted molar refractivity (Wildman–Crippen MR) is 160 cm³/mol. The molecule has 2 aliphatic rings. The van der Waals surface area contributed by atoms with Gasteiger partial charge in [0, 0.05) is 49.4 Å². The molecule has 5 rings (SSSR count). The molecule has 3 aromatic rings. The number of carbonyl (C=O) groups is 3. The predicted octanol–water partition coefficient (Wildman–Crippen LogP) is 6.48. The number of carbonyl (C=O) groups excluding carboxylic acids is 3. The molecule has 0 bridgehead atoms. The summed E-state index contributed by atoms with van der Waals surface area (Å²) in [4.78, 5) is 48.8. The zero-order valence-corrected chi connectivity index (χ0v) is 25.8. The fourth-order valence-corrected chi connectivity index (χ4v) is 6.19. The van der Waals surface area contributed by atoms with Crippen LogP contribution in [0.15, 0.2) is 36.5 Å². The molecule has 8 nitrogen and oxygen atoms in total. The third-order valence-corrected chi connectivity index (χ3v) is 7.92. The molecule has 238 valence electrons. The minimum atomic E-state index is -0.996. The second-order valence-corrected chi connectivity index (χ2v) is 12.6. The van der Waals surface area contributed by atoms with E-state index in [9.17, 15) is 27.6 Å². The smallest absolute Gasteiger partial charge is 0.306 e. The van der Waals surface area contributed by atoms with Crippen LogP contribution < -0.4 is 4.90 Å². The molecule has 1 saturated heterocycles. The highest BCUT2D eigenvalue weighted by Gasteiger charge is 2.34. The van der Waals surface area contributed by atoms with Crippen LogP contribution in [-0.4, -0.2) is 46.4 Å². The number of aromatic nitrogens is 2. The zero-order valence-electron chi connectivity index (χ0n) is 25.8. The Bertz CT molecular complexity index is 1620. The largest absolute Gasteiger partial charge is 0.460 e. The lowest BCUT2D eigenvalue weighted by Crippen LogP contribution is -2.38. The number of hydrogen-bond donors (Lipinski definition) is 0. The van der Waals surface area contributed by atoms with Gasteiger partial charge in [0.1, 0.15) is 40.5 Å². The first-order chi connectivity index (χ1) is 21.3. The summed E-state index contributed by atoms with van der Waals surface area (Å²) in [6.07, 6.45) is 3.89. The molecule has 1 fully saturated rings. The summed E-state index contributed by atoms with van der Waals surface area (Å²) >= 11 is 0. The first-order valence-corrected chi connectivity index (χ1v) is 15.1. The highest BCUT2D eigenvalue weighted by atomic mass is 19.1.